The van der Waals surface area contributed by atoms with Crippen molar-refractivity contribution in [2.45, 2.75) is 25.8 Å². The summed E-state index contributed by atoms with van der Waals surface area (Å²) in [5, 5.41) is 3.41. The summed E-state index contributed by atoms with van der Waals surface area (Å²) in [6.45, 7) is 2.12. The van der Waals surface area contributed by atoms with E-state index < -0.39 is 0 Å². The Labute approximate surface area is 121 Å². The van der Waals surface area contributed by atoms with Gasteiger partial charge in [-0.15, -0.1) is 0 Å². The normalized spacial score (nSPS) is 12.2. The lowest BCUT2D eigenvalue weighted by Gasteiger charge is -2.16. The molecule has 1 unspecified atom stereocenters. The third kappa shape index (κ3) is 4.10. The van der Waals surface area contributed by atoms with Gasteiger partial charge in [0.15, 0.2) is 0 Å². The number of rotatable bonds is 6. The minimum atomic E-state index is 0.450. The van der Waals surface area contributed by atoms with Crippen LogP contribution in [0.5, 0.6) is 5.75 Å². The van der Waals surface area contributed by atoms with Crippen molar-refractivity contribution in [1.82, 2.24) is 5.32 Å². The SMILES string of the molecule is CNC(Cc1ccc(C)cc1)Cc1ccc(OC)cc1. The van der Waals surface area contributed by atoms with Crippen LogP contribution >= 0.6 is 0 Å². The maximum Gasteiger partial charge on any atom is 0.118 e. The molecule has 0 aliphatic rings. The van der Waals surface area contributed by atoms with Crippen LogP contribution < -0.4 is 10.1 Å². The number of ether oxygens (including phenoxy) is 1. The Morgan fingerprint density at radius 1 is 0.900 bits per heavy atom. The lowest BCUT2D eigenvalue weighted by atomic mass is 9.98. The largest absolute Gasteiger partial charge is 0.497 e. The second-order valence-corrected chi connectivity index (χ2v) is 5.23. The van der Waals surface area contributed by atoms with Gasteiger partial charge in [0.25, 0.3) is 0 Å². The molecule has 0 aromatic heterocycles. The molecule has 1 N–H and O–H groups in total. The topological polar surface area (TPSA) is 21.3 Å². The predicted molar refractivity (Wildman–Crippen MR) is 84.4 cm³/mol. The van der Waals surface area contributed by atoms with E-state index in [1.807, 2.05) is 19.2 Å². The summed E-state index contributed by atoms with van der Waals surface area (Å²) in [6, 6.07) is 17.6. The molecular formula is C18H23NO. The maximum atomic E-state index is 5.19. The molecule has 0 amide bonds. The molecule has 0 bridgehead atoms. The first-order chi connectivity index (χ1) is 9.71. The Hall–Kier alpha value is -1.80. The fourth-order valence-electron chi connectivity index (χ4n) is 2.33. The van der Waals surface area contributed by atoms with Gasteiger partial charge < -0.3 is 10.1 Å². The fourth-order valence-corrected chi connectivity index (χ4v) is 2.33. The first-order valence-electron chi connectivity index (χ1n) is 7.07. The van der Waals surface area contributed by atoms with Gasteiger partial charge in [-0.1, -0.05) is 42.0 Å². The molecule has 2 aromatic rings. The van der Waals surface area contributed by atoms with Crippen LogP contribution in [0.3, 0.4) is 0 Å². The van der Waals surface area contributed by atoms with Crippen LogP contribution in [0.2, 0.25) is 0 Å². The van der Waals surface area contributed by atoms with Crippen molar-refractivity contribution in [3.8, 4) is 5.75 Å². The van der Waals surface area contributed by atoms with Gasteiger partial charge in [-0.05, 0) is 50.1 Å². The van der Waals surface area contributed by atoms with Gasteiger partial charge in [0.05, 0.1) is 7.11 Å². The molecule has 0 saturated heterocycles. The fraction of sp³-hybridized carbons (Fsp3) is 0.333. The molecule has 2 heteroatoms. The lowest BCUT2D eigenvalue weighted by Crippen LogP contribution is -2.29. The molecule has 0 aliphatic heterocycles. The molecule has 0 fully saturated rings. The summed E-state index contributed by atoms with van der Waals surface area (Å²) in [5.41, 5.74) is 4.02. The highest BCUT2D eigenvalue weighted by molar-refractivity contribution is 5.28. The van der Waals surface area contributed by atoms with Crippen LogP contribution in [0.25, 0.3) is 0 Å². The van der Waals surface area contributed by atoms with Gasteiger partial charge in [-0.25, -0.2) is 0 Å². The molecule has 106 valence electrons. The molecule has 0 radical (unpaired) electrons. The summed E-state index contributed by atoms with van der Waals surface area (Å²) in [5.74, 6) is 0.910. The average Bonchev–Trinajstić information content (AvgIpc) is 2.49. The van der Waals surface area contributed by atoms with E-state index in [0.29, 0.717) is 6.04 Å². The zero-order valence-electron chi connectivity index (χ0n) is 12.5. The standard InChI is InChI=1S/C18H23NO/c1-14-4-6-15(7-5-14)12-17(19-2)13-16-8-10-18(20-3)11-9-16/h4-11,17,19H,12-13H2,1-3H3. The average molecular weight is 269 g/mol. The van der Waals surface area contributed by atoms with Crippen LogP contribution in [-0.2, 0) is 12.8 Å². The Morgan fingerprint density at radius 2 is 1.40 bits per heavy atom. The zero-order valence-corrected chi connectivity index (χ0v) is 12.5. The third-order valence-electron chi connectivity index (χ3n) is 3.65. The van der Waals surface area contributed by atoms with Crippen LogP contribution in [0.15, 0.2) is 48.5 Å². The molecule has 1 atom stereocenters. The number of aryl methyl sites for hydroxylation is 1. The molecule has 20 heavy (non-hydrogen) atoms. The Balaban J connectivity index is 1.99. The van der Waals surface area contributed by atoms with E-state index in [2.05, 4.69) is 48.6 Å². The minimum Gasteiger partial charge on any atom is -0.497 e. The molecule has 2 aromatic carbocycles. The molecule has 2 rings (SSSR count). The summed E-state index contributed by atoms with van der Waals surface area (Å²) in [4.78, 5) is 0. The second kappa shape index (κ2) is 7.11. The van der Waals surface area contributed by atoms with E-state index in [-0.39, 0.29) is 0 Å². The smallest absolute Gasteiger partial charge is 0.118 e. The Bertz CT molecular complexity index is 516. The van der Waals surface area contributed by atoms with E-state index >= 15 is 0 Å². The van der Waals surface area contributed by atoms with Crippen molar-refractivity contribution in [1.29, 1.82) is 0 Å². The van der Waals surface area contributed by atoms with Gasteiger partial charge in [0, 0.05) is 6.04 Å². The van der Waals surface area contributed by atoms with E-state index in [1.165, 1.54) is 16.7 Å². The number of likely N-dealkylation sites (N-methyl/N-ethyl adjacent to an activating group) is 1. The maximum absolute atomic E-state index is 5.19. The molecule has 0 heterocycles. The number of nitrogens with one attached hydrogen (secondary N) is 1. The number of methoxy groups -OCH3 is 1. The van der Waals surface area contributed by atoms with Gasteiger partial charge in [-0.3, -0.25) is 0 Å². The van der Waals surface area contributed by atoms with Crippen molar-refractivity contribution < 1.29 is 4.74 Å². The summed E-state index contributed by atoms with van der Waals surface area (Å²) in [7, 11) is 3.73. The molecule has 0 saturated carbocycles. The van der Waals surface area contributed by atoms with Gasteiger partial charge in [-0.2, -0.15) is 0 Å². The van der Waals surface area contributed by atoms with Gasteiger partial charge >= 0.3 is 0 Å². The Morgan fingerprint density at radius 3 is 1.85 bits per heavy atom. The van der Waals surface area contributed by atoms with Crippen molar-refractivity contribution in [3.05, 3.63) is 65.2 Å². The highest BCUT2D eigenvalue weighted by atomic mass is 16.5. The molecular weight excluding hydrogens is 246 g/mol. The van der Waals surface area contributed by atoms with Crippen molar-refractivity contribution >= 4 is 0 Å². The van der Waals surface area contributed by atoms with E-state index in [9.17, 15) is 0 Å². The zero-order chi connectivity index (χ0) is 14.4. The number of hydrogen-bond acceptors (Lipinski definition) is 2. The minimum absolute atomic E-state index is 0.450. The summed E-state index contributed by atoms with van der Waals surface area (Å²) in [6.07, 6.45) is 2.07. The van der Waals surface area contributed by atoms with E-state index in [4.69, 9.17) is 4.74 Å². The third-order valence-corrected chi connectivity index (χ3v) is 3.65. The van der Waals surface area contributed by atoms with Crippen LogP contribution in [0.1, 0.15) is 16.7 Å². The first-order valence-corrected chi connectivity index (χ1v) is 7.07. The van der Waals surface area contributed by atoms with E-state index in [0.717, 1.165) is 18.6 Å². The van der Waals surface area contributed by atoms with Crippen LogP contribution in [0, 0.1) is 6.92 Å². The molecule has 0 spiro atoms. The van der Waals surface area contributed by atoms with Crippen LogP contribution in [0.4, 0.5) is 0 Å². The Kier molecular flexibility index (Phi) is 5.19. The first kappa shape index (κ1) is 14.6. The summed E-state index contributed by atoms with van der Waals surface area (Å²) >= 11 is 0. The van der Waals surface area contributed by atoms with Gasteiger partial charge in [0.2, 0.25) is 0 Å². The number of hydrogen-bond donors (Lipinski definition) is 1. The highest BCUT2D eigenvalue weighted by Gasteiger charge is 2.08. The van der Waals surface area contributed by atoms with Crippen molar-refractivity contribution in [2.24, 2.45) is 0 Å². The predicted octanol–water partition coefficient (Wildman–Crippen LogP) is 3.38. The monoisotopic (exact) mass is 269 g/mol. The highest BCUT2D eigenvalue weighted by Crippen LogP contribution is 2.14. The number of benzene rings is 2. The molecule has 2 nitrogen and oxygen atoms in total. The summed E-state index contributed by atoms with van der Waals surface area (Å²) < 4.78 is 5.19. The second-order valence-electron chi connectivity index (χ2n) is 5.23. The molecule has 0 aliphatic carbocycles. The van der Waals surface area contributed by atoms with Crippen LogP contribution in [-0.4, -0.2) is 20.2 Å². The quantitative estimate of drug-likeness (QED) is 0.868. The van der Waals surface area contributed by atoms with Crippen molar-refractivity contribution in [2.75, 3.05) is 14.2 Å². The van der Waals surface area contributed by atoms with E-state index in [1.54, 1.807) is 7.11 Å². The van der Waals surface area contributed by atoms with Crippen molar-refractivity contribution in [3.63, 3.8) is 0 Å². The van der Waals surface area contributed by atoms with Gasteiger partial charge in [0.1, 0.15) is 5.75 Å². The lowest BCUT2D eigenvalue weighted by molar-refractivity contribution is 0.414.